The Kier molecular flexibility index (Phi) is 3.85. The van der Waals surface area contributed by atoms with Crippen LogP contribution in [0.4, 0.5) is 0 Å². The smallest absolute Gasteiger partial charge is 0.119 e. The third-order valence-corrected chi connectivity index (χ3v) is 3.69. The van der Waals surface area contributed by atoms with Gasteiger partial charge in [-0.1, -0.05) is 53.2 Å². The highest BCUT2D eigenvalue weighted by atomic mass is 79.9. The zero-order valence-electron chi connectivity index (χ0n) is 9.98. The van der Waals surface area contributed by atoms with Crippen LogP contribution in [0.15, 0.2) is 53.0 Å². The van der Waals surface area contributed by atoms with Gasteiger partial charge in [0.05, 0.1) is 7.11 Å². The standard InChI is InChI=1S/C15H15BrO/c1-11(12-6-4-3-5-7-12)14-10-13(17-2)8-9-15(14)16/h3-11H,1-2H3. The number of rotatable bonds is 3. The normalized spacial score (nSPS) is 12.2. The van der Waals surface area contributed by atoms with Crippen molar-refractivity contribution in [2.24, 2.45) is 0 Å². The highest BCUT2D eigenvalue weighted by molar-refractivity contribution is 9.10. The second-order valence-electron chi connectivity index (χ2n) is 4.02. The van der Waals surface area contributed by atoms with Gasteiger partial charge in [0.15, 0.2) is 0 Å². The summed E-state index contributed by atoms with van der Waals surface area (Å²) in [5.41, 5.74) is 2.55. The lowest BCUT2D eigenvalue weighted by Gasteiger charge is -2.15. The molecule has 0 saturated carbocycles. The van der Waals surface area contributed by atoms with Gasteiger partial charge in [-0.05, 0) is 29.3 Å². The first-order chi connectivity index (χ1) is 8.22. The van der Waals surface area contributed by atoms with Gasteiger partial charge in [-0.15, -0.1) is 0 Å². The molecule has 0 saturated heterocycles. The summed E-state index contributed by atoms with van der Waals surface area (Å²) in [6, 6.07) is 16.6. The molecular formula is C15H15BrO. The molecule has 0 aromatic heterocycles. The van der Waals surface area contributed by atoms with Crippen molar-refractivity contribution in [3.05, 3.63) is 64.1 Å². The molecule has 0 bridgehead atoms. The SMILES string of the molecule is COc1ccc(Br)c(C(C)c2ccccc2)c1. The molecule has 0 N–H and O–H groups in total. The second kappa shape index (κ2) is 5.37. The van der Waals surface area contributed by atoms with Crippen molar-refractivity contribution in [2.75, 3.05) is 7.11 Å². The molecule has 0 spiro atoms. The first-order valence-corrected chi connectivity index (χ1v) is 6.40. The highest BCUT2D eigenvalue weighted by Crippen LogP contribution is 2.32. The Morgan fingerprint density at radius 2 is 1.76 bits per heavy atom. The minimum Gasteiger partial charge on any atom is -0.497 e. The number of methoxy groups -OCH3 is 1. The summed E-state index contributed by atoms with van der Waals surface area (Å²) in [7, 11) is 1.69. The van der Waals surface area contributed by atoms with E-state index in [4.69, 9.17) is 4.74 Å². The fourth-order valence-corrected chi connectivity index (χ4v) is 2.49. The summed E-state index contributed by atoms with van der Waals surface area (Å²) in [6.45, 7) is 2.20. The molecule has 17 heavy (non-hydrogen) atoms. The maximum atomic E-state index is 5.28. The molecule has 0 aliphatic carbocycles. The average molecular weight is 291 g/mol. The summed E-state index contributed by atoms with van der Waals surface area (Å²) in [4.78, 5) is 0. The van der Waals surface area contributed by atoms with E-state index in [0.29, 0.717) is 5.92 Å². The van der Waals surface area contributed by atoms with Gasteiger partial charge in [-0.25, -0.2) is 0 Å². The topological polar surface area (TPSA) is 9.23 Å². The molecule has 1 unspecified atom stereocenters. The summed E-state index contributed by atoms with van der Waals surface area (Å²) in [5.74, 6) is 1.24. The van der Waals surface area contributed by atoms with Crippen LogP contribution >= 0.6 is 15.9 Å². The van der Waals surface area contributed by atoms with Crippen LogP contribution < -0.4 is 4.74 Å². The third-order valence-electron chi connectivity index (χ3n) is 2.97. The van der Waals surface area contributed by atoms with E-state index in [-0.39, 0.29) is 0 Å². The van der Waals surface area contributed by atoms with Crippen LogP contribution in [-0.2, 0) is 0 Å². The lowest BCUT2D eigenvalue weighted by molar-refractivity contribution is 0.414. The van der Waals surface area contributed by atoms with Gasteiger partial charge >= 0.3 is 0 Å². The Hall–Kier alpha value is -1.28. The predicted octanol–water partition coefficient (Wildman–Crippen LogP) is 4.61. The molecule has 88 valence electrons. The van der Waals surface area contributed by atoms with Gasteiger partial charge in [-0.3, -0.25) is 0 Å². The first-order valence-electron chi connectivity index (χ1n) is 5.60. The van der Waals surface area contributed by atoms with Crippen molar-refractivity contribution in [1.29, 1.82) is 0 Å². The molecule has 0 fully saturated rings. The highest BCUT2D eigenvalue weighted by Gasteiger charge is 2.12. The van der Waals surface area contributed by atoms with Crippen molar-refractivity contribution in [3.63, 3.8) is 0 Å². The molecule has 0 radical (unpaired) electrons. The van der Waals surface area contributed by atoms with Crippen LogP contribution in [0.25, 0.3) is 0 Å². The summed E-state index contributed by atoms with van der Waals surface area (Å²) in [6.07, 6.45) is 0. The molecular weight excluding hydrogens is 276 g/mol. The maximum Gasteiger partial charge on any atom is 0.119 e. The number of hydrogen-bond donors (Lipinski definition) is 0. The van der Waals surface area contributed by atoms with E-state index in [1.807, 2.05) is 18.2 Å². The van der Waals surface area contributed by atoms with E-state index in [1.165, 1.54) is 11.1 Å². The summed E-state index contributed by atoms with van der Waals surface area (Å²) < 4.78 is 6.40. The van der Waals surface area contributed by atoms with Gasteiger partial charge < -0.3 is 4.74 Å². The maximum absolute atomic E-state index is 5.28. The Labute approximate surface area is 111 Å². The monoisotopic (exact) mass is 290 g/mol. The van der Waals surface area contributed by atoms with Gasteiger partial charge in [0.25, 0.3) is 0 Å². The molecule has 1 nitrogen and oxygen atoms in total. The largest absolute Gasteiger partial charge is 0.497 e. The van der Waals surface area contributed by atoms with Crippen LogP contribution in [0.5, 0.6) is 5.75 Å². The number of ether oxygens (including phenoxy) is 1. The zero-order valence-corrected chi connectivity index (χ0v) is 11.6. The number of benzene rings is 2. The van der Waals surface area contributed by atoms with E-state index >= 15 is 0 Å². The Balaban J connectivity index is 2.40. The average Bonchev–Trinajstić information content (AvgIpc) is 2.39. The van der Waals surface area contributed by atoms with E-state index in [1.54, 1.807) is 7.11 Å². The first kappa shape index (κ1) is 12.2. The van der Waals surface area contributed by atoms with Crippen molar-refractivity contribution in [2.45, 2.75) is 12.8 Å². The van der Waals surface area contributed by atoms with Crippen molar-refractivity contribution >= 4 is 15.9 Å². The summed E-state index contributed by atoms with van der Waals surface area (Å²) in [5, 5.41) is 0. The van der Waals surface area contributed by atoms with Gasteiger partial charge in [0.1, 0.15) is 5.75 Å². The zero-order chi connectivity index (χ0) is 12.3. The van der Waals surface area contributed by atoms with Gasteiger partial charge in [-0.2, -0.15) is 0 Å². The molecule has 0 amide bonds. The lowest BCUT2D eigenvalue weighted by atomic mass is 9.93. The van der Waals surface area contributed by atoms with Crippen LogP contribution in [0.2, 0.25) is 0 Å². The van der Waals surface area contributed by atoms with Crippen LogP contribution in [0.1, 0.15) is 24.0 Å². The van der Waals surface area contributed by atoms with Crippen LogP contribution in [0, 0.1) is 0 Å². The number of hydrogen-bond acceptors (Lipinski definition) is 1. The molecule has 2 heteroatoms. The van der Waals surface area contributed by atoms with Crippen molar-refractivity contribution in [3.8, 4) is 5.75 Å². The fraction of sp³-hybridized carbons (Fsp3) is 0.200. The lowest BCUT2D eigenvalue weighted by Crippen LogP contribution is -1.97. The van der Waals surface area contributed by atoms with Crippen molar-refractivity contribution in [1.82, 2.24) is 0 Å². The predicted molar refractivity (Wildman–Crippen MR) is 74.7 cm³/mol. The minimum atomic E-state index is 0.348. The summed E-state index contributed by atoms with van der Waals surface area (Å²) >= 11 is 3.60. The van der Waals surface area contributed by atoms with Gasteiger partial charge in [0.2, 0.25) is 0 Å². The third kappa shape index (κ3) is 2.70. The van der Waals surface area contributed by atoms with E-state index in [9.17, 15) is 0 Å². The Morgan fingerprint density at radius 1 is 1.06 bits per heavy atom. The molecule has 0 heterocycles. The van der Waals surface area contributed by atoms with E-state index in [2.05, 4.69) is 53.2 Å². The van der Waals surface area contributed by atoms with Gasteiger partial charge in [0, 0.05) is 10.4 Å². The molecule has 2 aromatic carbocycles. The molecule has 0 aliphatic rings. The second-order valence-corrected chi connectivity index (χ2v) is 4.87. The molecule has 0 aliphatic heterocycles. The Bertz CT molecular complexity index is 494. The fourth-order valence-electron chi connectivity index (χ4n) is 1.90. The van der Waals surface area contributed by atoms with Crippen LogP contribution in [0.3, 0.4) is 0 Å². The van der Waals surface area contributed by atoms with Crippen LogP contribution in [-0.4, -0.2) is 7.11 Å². The van der Waals surface area contributed by atoms with E-state index < -0.39 is 0 Å². The minimum absolute atomic E-state index is 0.348. The van der Waals surface area contributed by atoms with Crippen molar-refractivity contribution < 1.29 is 4.74 Å². The molecule has 1 atom stereocenters. The number of halogens is 1. The molecule has 2 aromatic rings. The quantitative estimate of drug-likeness (QED) is 0.802. The van der Waals surface area contributed by atoms with E-state index in [0.717, 1.165) is 10.2 Å². The molecule has 2 rings (SSSR count). The Morgan fingerprint density at radius 3 is 2.41 bits per heavy atom.